The predicted octanol–water partition coefficient (Wildman–Crippen LogP) is 2.93. The minimum atomic E-state index is -1.03. The first-order valence-electron chi connectivity index (χ1n) is 7.16. The second kappa shape index (κ2) is 8.10. The molecule has 0 saturated carbocycles. The van der Waals surface area contributed by atoms with Gasteiger partial charge in [0.2, 0.25) is 5.91 Å². The molecule has 120 valence electrons. The number of nitrogens with zero attached hydrogens (tertiary/aromatic N) is 2. The first kappa shape index (κ1) is 16.7. The van der Waals surface area contributed by atoms with Gasteiger partial charge in [-0.15, -0.1) is 11.3 Å². The number of nitriles is 1. The molecule has 0 aliphatic carbocycles. The van der Waals surface area contributed by atoms with E-state index in [1.807, 2.05) is 12.1 Å². The molecule has 1 aromatic heterocycles. The van der Waals surface area contributed by atoms with Gasteiger partial charge in [0.25, 0.3) is 0 Å². The van der Waals surface area contributed by atoms with Gasteiger partial charge in [-0.2, -0.15) is 5.26 Å². The maximum absolute atomic E-state index is 11.9. The van der Waals surface area contributed by atoms with Gasteiger partial charge in [0, 0.05) is 18.7 Å². The molecular formula is C15H16N4O3S. The summed E-state index contributed by atoms with van der Waals surface area (Å²) in [5.74, 6) is -0.0828. The molecule has 8 heteroatoms. The number of rotatable bonds is 7. The van der Waals surface area contributed by atoms with Gasteiger partial charge in [-0.25, -0.2) is 9.78 Å². The van der Waals surface area contributed by atoms with E-state index in [9.17, 15) is 9.59 Å². The number of nitrogens with one attached hydrogen (secondary N) is 2. The first-order valence-corrected chi connectivity index (χ1v) is 7.97. The fraction of sp³-hybridized carbons (Fsp3) is 0.333. The molecule has 0 bridgehead atoms. The Kier molecular flexibility index (Phi) is 5.88. The van der Waals surface area contributed by atoms with Gasteiger partial charge in [0.1, 0.15) is 6.07 Å². The third-order valence-corrected chi connectivity index (χ3v) is 4.05. The molecule has 2 amide bonds. The maximum Gasteiger partial charge on any atom is 0.404 e. The summed E-state index contributed by atoms with van der Waals surface area (Å²) < 4.78 is 0.860. The van der Waals surface area contributed by atoms with Gasteiger partial charge in [-0.3, -0.25) is 4.79 Å². The van der Waals surface area contributed by atoms with Crippen LogP contribution in [-0.4, -0.2) is 28.6 Å². The molecule has 0 fully saturated rings. The molecule has 0 aliphatic rings. The van der Waals surface area contributed by atoms with Crippen molar-refractivity contribution in [1.82, 2.24) is 10.3 Å². The lowest BCUT2D eigenvalue weighted by molar-refractivity contribution is -0.116. The molecule has 1 heterocycles. The summed E-state index contributed by atoms with van der Waals surface area (Å²) in [6.45, 7) is 0.403. The third kappa shape index (κ3) is 5.23. The summed E-state index contributed by atoms with van der Waals surface area (Å²) in [6.07, 6.45) is 1.56. The number of anilines is 1. The highest BCUT2D eigenvalue weighted by atomic mass is 32.1. The lowest BCUT2D eigenvalue weighted by atomic mass is 10.2. The number of carboxylic acid groups (broad SMARTS) is 1. The van der Waals surface area contributed by atoms with Crippen molar-refractivity contribution in [2.24, 2.45) is 0 Å². The Morgan fingerprint density at radius 1 is 1.30 bits per heavy atom. The number of unbranched alkanes of at least 4 members (excludes halogenated alkanes) is 2. The minimum Gasteiger partial charge on any atom is -0.465 e. The number of carbonyl (C=O) groups excluding carboxylic acids is 1. The van der Waals surface area contributed by atoms with Crippen molar-refractivity contribution in [2.45, 2.75) is 25.7 Å². The molecule has 0 unspecified atom stereocenters. The largest absolute Gasteiger partial charge is 0.465 e. The van der Waals surface area contributed by atoms with Gasteiger partial charge >= 0.3 is 6.09 Å². The zero-order valence-electron chi connectivity index (χ0n) is 12.3. The Morgan fingerprint density at radius 2 is 2.13 bits per heavy atom. The van der Waals surface area contributed by atoms with E-state index in [4.69, 9.17) is 10.4 Å². The van der Waals surface area contributed by atoms with Gasteiger partial charge in [-0.1, -0.05) is 6.42 Å². The smallest absolute Gasteiger partial charge is 0.404 e. The minimum absolute atomic E-state index is 0.0828. The van der Waals surface area contributed by atoms with Crippen LogP contribution in [0.3, 0.4) is 0 Å². The number of benzene rings is 1. The molecule has 0 atom stereocenters. The average molecular weight is 332 g/mol. The molecular weight excluding hydrogens is 316 g/mol. The van der Waals surface area contributed by atoms with Crippen molar-refractivity contribution in [1.29, 1.82) is 5.26 Å². The zero-order valence-corrected chi connectivity index (χ0v) is 13.2. The van der Waals surface area contributed by atoms with Crippen LogP contribution in [0.2, 0.25) is 0 Å². The van der Waals surface area contributed by atoms with Crippen molar-refractivity contribution in [3.63, 3.8) is 0 Å². The van der Waals surface area contributed by atoms with Crippen molar-refractivity contribution in [3.05, 3.63) is 23.2 Å². The highest BCUT2D eigenvalue weighted by Gasteiger charge is 2.06. The van der Waals surface area contributed by atoms with Gasteiger partial charge in [-0.05, 0) is 31.0 Å². The van der Waals surface area contributed by atoms with E-state index < -0.39 is 6.09 Å². The second-order valence-electron chi connectivity index (χ2n) is 4.90. The van der Waals surface area contributed by atoms with E-state index in [0.29, 0.717) is 36.5 Å². The van der Waals surface area contributed by atoms with E-state index in [1.165, 1.54) is 11.3 Å². The molecule has 2 rings (SSSR count). The number of fused-ring (bicyclic) bond motifs is 1. The van der Waals surface area contributed by atoms with Crippen LogP contribution in [0.15, 0.2) is 18.2 Å². The summed E-state index contributed by atoms with van der Waals surface area (Å²) >= 11 is 1.29. The fourth-order valence-corrected chi connectivity index (χ4v) is 2.86. The molecule has 3 N–H and O–H groups in total. The zero-order chi connectivity index (χ0) is 16.7. The van der Waals surface area contributed by atoms with Crippen LogP contribution < -0.4 is 10.6 Å². The molecule has 0 aliphatic heterocycles. The molecule has 1 aromatic carbocycles. The highest BCUT2D eigenvalue weighted by molar-refractivity contribution is 7.19. The Balaban J connectivity index is 1.77. The summed E-state index contributed by atoms with van der Waals surface area (Å²) in [7, 11) is 0. The van der Waals surface area contributed by atoms with Crippen molar-refractivity contribution in [3.8, 4) is 6.07 Å². The van der Waals surface area contributed by atoms with Crippen molar-refractivity contribution < 1.29 is 14.7 Å². The summed E-state index contributed by atoms with van der Waals surface area (Å²) in [6, 6.07) is 7.35. The summed E-state index contributed by atoms with van der Waals surface area (Å²) in [4.78, 5) is 26.3. The van der Waals surface area contributed by atoms with Crippen molar-refractivity contribution in [2.75, 3.05) is 11.9 Å². The second-order valence-corrected chi connectivity index (χ2v) is 5.93. The van der Waals surface area contributed by atoms with Crippen LogP contribution in [0.25, 0.3) is 10.2 Å². The molecule has 0 spiro atoms. The highest BCUT2D eigenvalue weighted by Crippen LogP contribution is 2.25. The van der Waals surface area contributed by atoms with Crippen LogP contribution in [0.4, 0.5) is 10.5 Å². The molecule has 7 nitrogen and oxygen atoms in total. The summed E-state index contributed by atoms with van der Waals surface area (Å²) in [5, 5.41) is 22.8. The number of aromatic nitrogens is 1. The number of carbonyl (C=O) groups is 2. The standard InChI is InChI=1S/C15H16N4O3S/c16-9-14-19-11-6-5-10(8-12(11)23-14)18-13(20)4-2-1-3-7-17-15(21)22/h5-6,8,17H,1-4,7H2,(H,18,20)(H,21,22). The Hall–Kier alpha value is -2.66. The predicted molar refractivity (Wildman–Crippen MR) is 87.5 cm³/mol. The van der Waals surface area contributed by atoms with Crippen LogP contribution in [-0.2, 0) is 4.79 Å². The van der Waals surface area contributed by atoms with E-state index in [0.717, 1.165) is 16.6 Å². The van der Waals surface area contributed by atoms with E-state index in [2.05, 4.69) is 15.6 Å². The third-order valence-electron chi connectivity index (χ3n) is 3.12. The van der Waals surface area contributed by atoms with Crippen LogP contribution >= 0.6 is 11.3 Å². The Bertz CT molecular complexity index is 751. The molecule has 0 saturated heterocycles. The Morgan fingerprint density at radius 3 is 2.87 bits per heavy atom. The number of hydrogen-bond donors (Lipinski definition) is 3. The summed E-state index contributed by atoms with van der Waals surface area (Å²) in [5.41, 5.74) is 1.43. The lowest BCUT2D eigenvalue weighted by Gasteiger charge is -2.05. The van der Waals surface area contributed by atoms with Gasteiger partial charge < -0.3 is 15.7 Å². The fourth-order valence-electron chi connectivity index (χ4n) is 2.06. The normalized spacial score (nSPS) is 10.2. The van der Waals surface area contributed by atoms with Crippen LogP contribution in [0.1, 0.15) is 30.7 Å². The van der Waals surface area contributed by atoms with E-state index in [-0.39, 0.29) is 5.91 Å². The average Bonchev–Trinajstić information content (AvgIpc) is 2.92. The molecule has 0 radical (unpaired) electrons. The van der Waals surface area contributed by atoms with E-state index >= 15 is 0 Å². The quantitative estimate of drug-likeness (QED) is 0.674. The van der Waals surface area contributed by atoms with Crippen LogP contribution in [0.5, 0.6) is 0 Å². The van der Waals surface area contributed by atoms with Gasteiger partial charge in [0.05, 0.1) is 10.2 Å². The lowest BCUT2D eigenvalue weighted by Crippen LogP contribution is -2.21. The number of thiazole rings is 1. The van der Waals surface area contributed by atoms with Gasteiger partial charge in [0.15, 0.2) is 5.01 Å². The first-order chi connectivity index (χ1) is 11.1. The number of amides is 2. The Labute approximate surface area is 137 Å². The van der Waals surface area contributed by atoms with Crippen LogP contribution in [0, 0.1) is 11.3 Å². The number of hydrogen-bond acceptors (Lipinski definition) is 5. The molecule has 23 heavy (non-hydrogen) atoms. The van der Waals surface area contributed by atoms with Crippen molar-refractivity contribution >= 4 is 39.2 Å². The topological polar surface area (TPSA) is 115 Å². The SMILES string of the molecule is N#Cc1nc2ccc(NC(=O)CCCCCNC(=O)O)cc2s1. The monoisotopic (exact) mass is 332 g/mol. The molecule has 2 aromatic rings. The maximum atomic E-state index is 11.9. The van der Waals surface area contributed by atoms with E-state index in [1.54, 1.807) is 12.1 Å².